The van der Waals surface area contributed by atoms with Crippen molar-refractivity contribution in [1.29, 1.82) is 0 Å². The fourth-order valence-corrected chi connectivity index (χ4v) is 5.88. The number of nitrogens with two attached hydrogens (primary N) is 2. The van der Waals surface area contributed by atoms with Gasteiger partial charge in [0.05, 0.1) is 0 Å². The van der Waals surface area contributed by atoms with Gasteiger partial charge in [-0.3, -0.25) is 0 Å². The lowest BCUT2D eigenvalue weighted by molar-refractivity contribution is 0.189. The van der Waals surface area contributed by atoms with Gasteiger partial charge in [-0.1, -0.05) is 64.0 Å². The standard InChI is InChI=1S/C22H38N2/c1-3-16-15-22(4-2,18-13-9-6-10-14-18)21(24)19(20(16)23)17-11-7-5-8-12-17/h15,17-18,20H,3-14,23-24H2,1-2H3. The molecule has 3 aliphatic rings. The minimum atomic E-state index is 0.0846. The van der Waals surface area contributed by atoms with Crippen molar-refractivity contribution in [2.75, 3.05) is 0 Å². The highest BCUT2D eigenvalue weighted by Crippen LogP contribution is 2.52. The summed E-state index contributed by atoms with van der Waals surface area (Å²) >= 11 is 0. The molecule has 2 fully saturated rings. The van der Waals surface area contributed by atoms with Crippen molar-refractivity contribution in [3.05, 3.63) is 22.9 Å². The lowest BCUT2D eigenvalue weighted by Gasteiger charge is -2.47. The van der Waals surface area contributed by atoms with E-state index in [2.05, 4.69) is 19.9 Å². The second-order valence-electron chi connectivity index (χ2n) is 8.48. The van der Waals surface area contributed by atoms with Crippen molar-refractivity contribution in [1.82, 2.24) is 0 Å². The van der Waals surface area contributed by atoms with Crippen molar-refractivity contribution in [2.24, 2.45) is 28.7 Å². The first kappa shape index (κ1) is 18.0. The molecule has 136 valence electrons. The summed E-state index contributed by atoms with van der Waals surface area (Å²) in [4.78, 5) is 0. The second-order valence-corrected chi connectivity index (χ2v) is 8.48. The summed E-state index contributed by atoms with van der Waals surface area (Å²) in [7, 11) is 0. The zero-order chi connectivity index (χ0) is 17.2. The van der Waals surface area contributed by atoms with Crippen molar-refractivity contribution in [3.8, 4) is 0 Å². The maximum atomic E-state index is 6.99. The first-order valence-corrected chi connectivity index (χ1v) is 10.6. The molecule has 0 aromatic carbocycles. The molecule has 3 rings (SSSR count). The van der Waals surface area contributed by atoms with Crippen molar-refractivity contribution in [3.63, 3.8) is 0 Å². The Hall–Kier alpha value is -0.760. The van der Waals surface area contributed by atoms with Gasteiger partial charge in [0, 0.05) is 17.2 Å². The van der Waals surface area contributed by atoms with E-state index >= 15 is 0 Å². The average Bonchev–Trinajstić information content (AvgIpc) is 2.64. The Labute approximate surface area is 149 Å². The third-order valence-corrected chi connectivity index (χ3v) is 7.36. The number of hydrogen-bond donors (Lipinski definition) is 2. The molecule has 2 nitrogen and oxygen atoms in total. The molecule has 0 saturated heterocycles. The predicted octanol–water partition coefficient (Wildman–Crippen LogP) is 5.43. The van der Waals surface area contributed by atoms with Crippen LogP contribution in [0.15, 0.2) is 22.9 Å². The van der Waals surface area contributed by atoms with Gasteiger partial charge in [0.25, 0.3) is 0 Å². The van der Waals surface area contributed by atoms with Crippen LogP contribution in [-0.2, 0) is 0 Å². The number of hydrogen-bond acceptors (Lipinski definition) is 2. The summed E-state index contributed by atoms with van der Waals surface area (Å²) < 4.78 is 0. The van der Waals surface area contributed by atoms with Gasteiger partial charge in [0.15, 0.2) is 0 Å². The second kappa shape index (κ2) is 7.64. The van der Waals surface area contributed by atoms with Crippen molar-refractivity contribution in [2.45, 2.75) is 96.9 Å². The van der Waals surface area contributed by atoms with Crippen LogP contribution in [0.5, 0.6) is 0 Å². The summed E-state index contributed by atoms with van der Waals surface area (Å²) in [6.45, 7) is 4.62. The van der Waals surface area contributed by atoms with Crippen LogP contribution in [0.1, 0.15) is 90.9 Å². The molecule has 0 bridgehead atoms. The molecule has 0 aliphatic heterocycles. The minimum Gasteiger partial charge on any atom is -0.401 e. The van der Waals surface area contributed by atoms with E-state index in [0.717, 1.165) is 18.8 Å². The van der Waals surface area contributed by atoms with E-state index in [0.29, 0.717) is 5.92 Å². The fraction of sp³-hybridized carbons (Fsp3) is 0.818. The van der Waals surface area contributed by atoms with Crippen LogP contribution in [0, 0.1) is 17.3 Å². The molecule has 0 amide bonds. The highest BCUT2D eigenvalue weighted by Gasteiger charge is 2.44. The summed E-state index contributed by atoms with van der Waals surface area (Å²) in [5.41, 5.74) is 17.9. The molecule has 4 N–H and O–H groups in total. The van der Waals surface area contributed by atoms with E-state index in [1.165, 1.54) is 81.1 Å². The van der Waals surface area contributed by atoms with E-state index in [1.54, 1.807) is 0 Å². The van der Waals surface area contributed by atoms with Gasteiger partial charge in [0.2, 0.25) is 0 Å². The first-order chi connectivity index (χ1) is 11.6. The number of rotatable bonds is 4. The molecular formula is C22H38N2. The highest BCUT2D eigenvalue weighted by molar-refractivity contribution is 5.43. The van der Waals surface area contributed by atoms with Crippen LogP contribution in [0.4, 0.5) is 0 Å². The minimum absolute atomic E-state index is 0.0846. The van der Waals surface area contributed by atoms with Crippen LogP contribution in [0.25, 0.3) is 0 Å². The Kier molecular flexibility index (Phi) is 5.74. The maximum absolute atomic E-state index is 6.99. The summed E-state index contributed by atoms with van der Waals surface area (Å²) in [6.07, 6.45) is 18.3. The normalized spacial score (nSPS) is 33.6. The molecule has 2 atom stereocenters. The van der Waals surface area contributed by atoms with Crippen molar-refractivity contribution < 1.29 is 0 Å². The van der Waals surface area contributed by atoms with Gasteiger partial charge < -0.3 is 11.5 Å². The lowest BCUT2D eigenvalue weighted by atomic mass is 9.59. The van der Waals surface area contributed by atoms with E-state index in [9.17, 15) is 0 Å². The molecule has 24 heavy (non-hydrogen) atoms. The van der Waals surface area contributed by atoms with Gasteiger partial charge in [-0.15, -0.1) is 0 Å². The molecular weight excluding hydrogens is 292 g/mol. The molecule has 0 spiro atoms. The van der Waals surface area contributed by atoms with Crippen LogP contribution >= 0.6 is 0 Å². The maximum Gasteiger partial charge on any atom is 0.0493 e. The molecule has 0 radical (unpaired) electrons. The Balaban J connectivity index is 2.03. The fourth-order valence-electron chi connectivity index (χ4n) is 5.88. The van der Waals surface area contributed by atoms with Gasteiger partial charge in [-0.25, -0.2) is 0 Å². The molecule has 2 heteroatoms. The number of allylic oxidation sites excluding steroid dienone is 1. The highest BCUT2D eigenvalue weighted by atomic mass is 14.8. The Morgan fingerprint density at radius 1 is 0.958 bits per heavy atom. The third-order valence-electron chi connectivity index (χ3n) is 7.36. The van der Waals surface area contributed by atoms with Crippen LogP contribution in [-0.4, -0.2) is 6.04 Å². The van der Waals surface area contributed by atoms with E-state index < -0.39 is 0 Å². The summed E-state index contributed by atoms with van der Waals surface area (Å²) in [5, 5.41) is 0. The topological polar surface area (TPSA) is 52.0 Å². The summed E-state index contributed by atoms with van der Waals surface area (Å²) in [6, 6.07) is 0.0846. The molecule has 3 aliphatic carbocycles. The smallest absolute Gasteiger partial charge is 0.0493 e. The quantitative estimate of drug-likeness (QED) is 0.675. The predicted molar refractivity (Wildman–Crippen MR) is 103 cm³/mol. The monoisotopic (exact) mass is 330 g/mol. The molecule has 2 saturated carbocycles. The first-order valence-electron chi connectivity index (χ1n) is 10.6. The largest absolute Gasteiger partial charge is 0.401 e. The Morgan fingerprint density at radius 2 is 1.54 bits per heavy atom. The van der Waals surface area contributed by atoms with E-state index in [-0.39, 0.29) is 11.5 Å². The van der Waals surface area contributed by atoms with Crippen molar-refractivity contribution >= 4 is 0 Å². The lowest BCUT2D eigenvalue weighted by Crippen LogP contribution is -2.45. The molecule has 0 aromatic heterocycles. The third kappa shape index (κ3) is 3.07. The van der Waals surface area contributed by atoms with Crippen LogP contribution in [0.3, 0.4) is 0 Å². The van der Waals surface area contributed by atoms with E-state index in [4.69, 9.17) is 11.5 Å². The average molecular weight is 331 g/mol. The Morgan fingerprint density at radius 3 is 2.08 bits per heavy atom. The van der Waals surface area contributed by atoms with Gasteiger partial charge in [-0.2, -0.15) is 0 Å². The molecule has 0 aromatic rings. The summed E-state index contributed by atoms with van der Waals surface area (Å²) in [5.74, 6) is 1.36. The zero-order valence-corrected chi connectivity index (χ0v) is 15.9. The molecule has 2 unspecified atom stereocenters. The van der Waals surface area contributed by atoms with Gasteiger partial charge in [0.1, 0.15) is 0 Å². The molecule has 0 heterocycles. The SMILES string of the molecule is CCC1=CC(CC)(C2CCCCC2)C(N)=C(C2CCCCC2)C1N. The zero-order valence-electron chi connectivity index (χ0n) is 15.9. The van der Waals surface area contributed by atoms with E-state index in [1.807, 2.05) is 0 Å². The van der Waals surface area contributed by atoms with Crippen LogP contribution < -0.4 is 11.5 Å². The van der Waals surface area contributed by atoms with Crippen LogP contribution in [0.2, 0.25) is 0 Å². The van der Waals surface area contributed by atoms with Gasteiger partial charge >= 0.3 is 0 Å². The van der Waals surface area contributed by atoms with Gasteiger partial charge in [-0.05, 0) is 55.9 Å². The Bertz CT molecular complexity index is 492.